The van der Waals surface area contributed by atoms with E-state index in [0.717, 1.165) is 18.3 Å². The number of aromatic nitrogens is 3. The summed E-state index contributed by atoms with van der Waals surface area (Å²) in [7, 11) is 1.91. The summed E-state index contributed by atoms with van der Waals surface area (Å²) < 4.78 is 1.76. The molecule has 2 atom stereocenters. The molecule has 0 spiro atoms. The van der Waals surface area contributed by atoms with Crippen molar-refractivity contribution in [2.75, 3.05) is 0 Å². The van der Waals surface area contributed by atoms with Gasteiger partial charge in [-0.1, -0.05) is 26.2 Å². The zero-order valence-electron chi connectivity index (χ0n) is 11.0. The van der Waals surface area contributed by atoms with Gasteiger partial charge in [0, 0.05) is 13.1 Å². The van der Waals surface area contributed by atoms with Crippen molar-refractivity contribution in [3.05, 3.63) is 12.2 Å². The first-order valence-electron chi connectivity index (χ1n) is 6.85. The smallest absolute Gasteiger partial charge is 0.164 e. The second kappa shape index (κ2) is 6.15. The predicted octanol–water partition coefficient (Wildman–Crippen LogP) is 2.26. The van der Waals surface area contributed by atoms with Crippen molar-refractivity contribution in [3.63, 3.8) is 0 Å². The molecule has 1 saturated carbocycles. The van der Waals surface area contributed by atoms with Gasteiger partial charge in [-0.2, -0.15) is 5.10 Å². The van der Waals surface area contributed by atoms with Gasteiger partial charge in [0.2, 0.25) is 0 Å². The van der Waals surface area contributed by atoms with Crippen LogP contribution in [-0.2, 0) is 13.6 Å². The third-order valence-electron chi connectivity index (χ3n) is 3.86. The second-order valence-corrected chi connectivity index (χ2v) is 5.19. The minimum absolute atomic E-state index is 0.662. The van der Waals surface area contributed by atoms with Crippen molar-refractivity contribution in [2.45, 2.75) is 58.0 Å². The van der Waals surface area contributed by atoms with E-state index in [0.29, 0.717) is 6.04 Å². The molecule has 0 amide bonds. The largest absolute Gasteiger partial charge is 0.307 e. The molecule has 1 fully saturated rings. The molecule has 1 aliphatic carbocycles. The zero-order chi connectivity index (χ0) is 12.1. The average Bonchev–Trinajstić information content (AvgIpc) is 2.63. The third-order valence-corrected chi connectivity index (χ3v) is 3.86. The highest BCUT2D eigenvalue weighted by Gasteiger charge is 2.17. The Morgan fingerprint density at radius 2 is 2.24 bits per heavy atom. The maximum Gasteiger partial charge on any atom is 0.164 e. The number of nitrogens with zero attached hydrogens (tertiary/aromatic N) is 3. The molecule has 1 aromatic heterocycles. The van der Waals surface area contributed by atoms with E-state index >= 15 is 0 Å². The van der Waals surface area contributed by atoms with Gasteiger partial charge in [-0.15, -0.1) is 0 Å². The normalized spacial score (nSPS) is 25.8. The molecule has 17 heavy (non-hydrogen) atoms. The monoisotopic (exact) mass is 236 g/mol. The van der Waals surface area contributed by atoms with Crippen molar-refractivity contribution in [1.29, 1.82) is 0 Å². The first kappa shape index (κ1) is 12.6. The van der Waals surface area contributed by atoms with Crippen molar-refractivity contribution in [3.8, 4) is 0 Å². The maximum atomic E-state index is 4.29. The molecule has 96 valence electrons. The van der Waals surface area contributed by atoms with Gasteiger partial charge in [-0.3, -0.25) is 4.68 Å². The van der Waals surface area contributed by atoms with Crippen LogP contribution in [0.3, 0.4) is 0 Å². The Morgan fingerprint density at radius 1 is 1.35 bits per heavy atom. The van der Waals surface area contributed by atoms with E-state index < -0.39 is 0 Å². The van der Waals surface area contributed by atoms with Crippen LogP contribution >= 0.6 is 0 Å². The summed E-state index contributed by atoms with van der Waals surface area (Å²) in [5.41, 5.74) is 0. The maximum absolute atomic E-state index is 4.29. The van der Waals surface area contributed by atoms with Crippen LogP contribution in [0.5, 0.6) is 0 Å². The summed E-state index contributed by atoms with van der Waals surface area (Å²) in [6, 6.07) is 0.662. The molecule has 0 saturated heterocycles. The van der Waals surface area contributed by atoms with E-state index in [4.69, 9.17) is 0 Å². The van der Waals surface area contributed by atoms with Crippen LogP contribution in [0.15, 0.2) is 6.33 Å². The van der Waals surface area contributed by atoms with Gasteiger partial charge in [0.1, 0.15) is 6.33 Å². The van der Waals surface area contributed by atoms with Crippen LogP contribution in [0.4, 0.5) is 0 Å². The summed E-state index contributed by atoms with van der Waals surface area (Å²) in [5, 5.41) is 7.89. The quantitative estimate of drug-likeness (QED) is 0.815. The summed E-state index contributed by atoms with van der Waals surface area (Å²) in [6.07, 6.45) is 9.88. The summed E-state index contributed by atoms with van der Waals surface area (Å²) in [6.45, 7) is 3.12. The molecule has 4 heteroatoms. The van der Waals surface area contributed by atoms with Crippen LogP contribution < -0.4 is 5.32 Å². The Morgan fingerprint density at radius 3 is 2.94 bits per heavy atom. The Hall–Kier alpha value is -0.900. The lowest BCUT2D eigenvalue weighted by molar-refractivity contribution is 0.422. The van der Waals surface area contributed by atoms with Crippen LogP contribution in [0.2, 0.25) is 0 Å². The van der Waals surface area contributed by atoms with Crippen molar-refractivity contribution < 1.29 is 0 Å². The highest BCUT2D eigenvalue weighted by molar-refractivity contribution is 4.83. The Bertz CT molecular complexity index is 334. The molecule has 1 aliphatic rings. The van der Waals surface area contributed by atoms with E-state index in [9.17, 15) is 0 Å². The van der Waals surface area contributed by atoms with E-state index in [-0.39, 0.29) is 0 Å². The lowest BCUT2D eigenvalue weighted by Gasteiger charge is -2.15. The van der Waals surface area contributed by atoms with Gasteiger partial charge in [-0.05, 0) is 25.2 Å². The summed E-state index contributed by atoms with van der Waals surface area (Å²) in [4.78, 5) is 4.24. The highest BCUT2D eigenvalue weighted by Crippen LogP contribution is 2.25. The van der Waals surface area contributed by atoms with E-state index in [1.807, 2.05) is 7.05 Å². The molecule has 2 rings (SSSR count). The molecular formula is C13H24N4. The second-order valence-electron chi connectivity index (χ2n) is 5.19. The minimum Gasteiger partial charge on any atom is -0.307 e. The van der Waals surface area contributed by atoms with E-state index in [2.05, 4.69) is 22.3 Å². The Balaban J connectivity index is 1.75. The van der Waals surface area contributed by atoms with Crippen molar-refractivity contribution >= 4 is 0 Å². The molecule has 0 aliphatic heterocycles. The molecule has 0 aromatic carbocycles. The standard InChI is InChI=1S/C13H24N4/c1-3-11-5-4-6-12(8-7-11)14-9-13-15-10-17(2)16-13/h10-12,14H,3-9H2,1-2H3. The Labute approximate surface area is 104 Å². The number of aryl methyl sites for hydroxylation is 1. The fraction of sp³-hybridized carbons (Fsp3) is 0.846. The fourth-order valence-corrected chi connectivity index (χ4v) is 2.69. The highest BCUT2D eigenvalue weighted by atomic mass is 15.3. The van der Waals surface area contributed by atoms with Gasteiger partial charge in [0.05, 0.1) is 6.54 Å². The summed E-state index contributed by atoms with van der Waals surface area (Å²) in [5.74, 6) is 1.86. The van der Waals surface area contributed by atoms with Gasteiger partial charge < -0.3 is 5.32 Å². The van der Waals surface area contributed by atoms with Crippen LogP contribution in [0, 0.1) is 5.92 Å². The zero-order valence-corrected chi connectivity index (χ0v) is 11.0. The van der Waals surface area contributed by atoms with Crippen molar-refractivity contribution in [2.24, 2.45) is 13.0 Å². The SMILES string of the molecule is CCC1CCCC(NCc2ncn(C)n2)CC1. The molecule has 2 unspecified atom stereocenters. The Kier molecular flexibility index (Phi) is 4.54. The van der Waals surface area contributed by atoms with Crippen molar-refractivity contribution in [1.82, 2.24) is 20.1 Å². The van der Waals surface area contributed by atoms with Crippen LogP contribution in [0.1, 0.15) is 51.3 Å². The first-order chi connectivity index (χ1) is 8.28. The molecule has 0 bridgehead atoms. The molecule has 0 radical (unpaired) electrons. The topological polar surface area (TPSA) is 42.7 Å². The molecule has 4 nitrogen and oxygen atoms in total. The van der Waals surface area contributed by atoms with Gasteiger partial charge in [-0.25, -0.2) is 4.98 Å². The fourth-order valence-electron chi connectivity index (χ4n) is 2.69. The van der Waals surface area contributed by atoms with E-state index in [1.165, 1.54) is 38.5 Å². The lowest BCUT2D eigenvalue weighted by atomic mass is 9.98. The minimum atomic E-state index is 0.662. The number of rotatable bonds is 4. The van der Waals surface area contributed by atoms with Crippen LogP contribution in [0.25, 0.3) is 0 Å². The third kappa shape index (κ3) is 3.80. The van der Waals surface area contributed by atoms with Gasteiger partial charge in [0.25, 0.3) is 0 Å². The molecule has 1 aromatic rings. The van der Waals surface area contributed by atoms with Gasteiger partial charge in [0.15, 0.2) is 5.82 Å². The molecule has 1 heterocycles. The molecule has 1 N–H and O–H groups in total. The number of nitrogens with one attached hydrogen (secondary N) is 1. The lowest BCUT2D eigenvalue weighted by Crippen LogP contribution is -2.28. The summed E-state index contributed by atoms with van der Waals surface area (Å²) >= 11 is 0. The number of hydrogen-bond donors (Lipinski definition) is 1. The predicted molar refractivity (Wildman–Crippen MR) is 68.5 cm³/mol. The first-order valence-corrected chi connectivity index (χ1v) is 6.85. The van der Waals surface area contributed by atoms with Crippen LogP contribution in [-0.4, -0.2) is 20.8 Å². The average molecular weight is 236 g/mol. The molecular weight excluding hydrogens is 212 g/mol. The van der Waals surface area contributed by atoms with Gasteiger partial charge >= 0.3 is 0 Å². The van der Waals surface area contributed by atoms with E-state index in [1.54, 1.807) is 11.0 Å². The number of hydrogen-bond acceptors (Lipinski definition) is 3.